The molecule has 1 saturated heterocycles. The molecule has 17 heavy (non-hydrogen) atoms. The lowest BCUT2D eigenvalue weighted by molar-refractivity contribution is 0.0315. The molecule has 1 rings (SSSR count). The van der Waals surface area contributed by atoms with Crippen LogP contribution in [-0.2, 0) is 4.74 Å². The van der Waals surface area contributed by atoms with Crippen LogP contribution in [0.2, 0.25) is 0 Å². The molecule has 0 radical (unpaired) electrons. The molecule has 0 aliphatic carbocycles. The van der Waals surface area contributed by atoms with Crippen LogP contribution >= 0.6 is 0 Å². The number of hydrogen-bond acceptors (Lipinski definition) is 3. The zero-order valence-electron chi connectivity index (χ0n) is 12.0. The van der Waals surface area contributed by atoms with Gasteiger partial charge in [-0.25, -0.2) is 0 Å². The Morgan fingerprint density at radius 2 is 1.82 bits per heavy atom. The number of nitrogens with zero attached hydrogens (tertiary/aromatic N) is 1. The first kappa shape index (κ1) is 14.9. The number of hydrogen-bond donors (Lipinski definition) is 1. The molecule has 2 unspecified atom stereocenters. The van der Waals surface area contributed by atoms with Crippen molar-refractivity contribution >= 4 is 0 Å². The molecule has 1 heterocycles. The highest BCUT2D eigenvalue weighted by Gasteiger charge is 2.15. The quantitative estimate of drug-likeness (QED) is 0.739. The molecule has 1 aliphatic heterocycles. The van der Waals surface area contributed by atoms with Gasteiger partial charge in [-0.05, 0) is 24.8 Å². The fourth-order valence-corrected chi connectivity index (χ4v) is 2.49. The molecule has 0 aromatic carbocycles. The Morgan fingerprint density at radius 1 is 1.18 bits per heavy atom. The van der Waals surface area contributed by atoms with Crippen molar-refractivity contribution in [3.8, 4) is 0 Å². The molecule has 0 bridgehead atoms. The molecule has 0 amide bonds. The maximum Gasteiger partial charge on any atom is 0.0594 e. The van der Waals surface area contributed by atoms with Crippen LogP contribution < -0.4 is 5.32 Å². The van der Waals surface area contributed by atoms with Gasteiger partial charge >= 0.3 is 0 Å². The summed E-state index contributed by atoms with van der Waals surface area (Å²) in [4.78, 5) is 2.52. The van der Waals surface area contributed by atoms with E-state index in [9.17, 15) is 0 Å². The van der Waals surface area contributed by atoms with E-state index in [1.54, 1.807) is 0 Å². The van der Waals surface area contributed by atoms with Crippen molar-refractivity contribution in [3.63, 3.8) is 0 Å². The zero-order valence-corrected chi connectivity index (χ0v) is 12.0. The van der Waals surface area contributed by atoms with Crippen molar-refractivity contribution in [1.29, 1.82) is 0 Å². The van der Waals surface area contributed by atoms with Crippen molar-refractivity contribution < 1.29 is 4.74 Å². The van der Waals surface area contributed by atoms with Gasteiger partial charge in [0.25, 0.3) is 0 Å². The van der Waals surface area contributed by atoms with Crippen LogP contribution in [-0.4, -0.2) is 50.3 Å². The maximum atomic E-state index is 5.37. The van der Waals surface area contributed by atoms with E-state index in [2.05, 4.69) is 37.9 Å². The highest BCUT2D eigenvalue weighted by Crippen LogP contribution is 2.07. The lowest BCUT2D eigenvalue weighted by Gasteiger charge is -2.30. The summed E-state index contributed by atoms with van der Waals surface area (Å²) in [5.41, 5.74) is 0. The minimum atomic E-state index is 0.669. The molecule has 0 spiro atoms. The van der Waals surface area contributed by atoms with Crippen molar-refractivity contribution in [2.24, 2.45) is 11.8 Å². The molecule has 3 heteroatoms. The van der Waals surface area contributed by atoms with Gasteiger partial charge in [0, 0.05) is 25.7 Å². The highest BCUT2D eigenvalue weighted by atomic mass is 16.5. The molecule has 0 aromatic heterocycles. The summed E-state index contributed by atoms with van der Waals surface area (Å²) in [5, 5.41) is 3.70. The average Bonchev–Trinajstić information content (AvgIpc) is 2.30. The van der Waals surface area contributed by atoms with Crippen LogP contribution in [0.1, 0.15) is 34.1 Å². The van der Waals surface area contributed by atoms with E-state index in [0.29, 0.717) is 6.04 Å². The molecule has 3 nitrogen and oxygen atoms in total. The van der Waals surface area contributed by atoms with Crippen LogP contribution in [0.3, 0.4) is 0 Å². The predicted octanol–water partition coefficient (Wildman–Crippen LogP) is 1.98. The maximum absolute atomic E-state index is 5.37. The van der Waals surface area contributed by atoms with Crippen LogP contribution in [0.15, 0.2) is 0 Å². The summed E-state index contributed by atoms with van der Waals surface area (Å²) in [6.07, 6.45) is 1.22. The van der Waals surface area contributed by atoms with Crippen molar-refractivity contribution in [1.82, 2.24) is 10.2 Å². The van der Waals surface area contributed by atoms with Gasteiger partial charge in [0.15, 0.2) is 0 Å². The molecular weight excluding hydrogens is 212 g/mol. The van der Waals surface area contributed by atoms with Crippen molar-refractivity contribution in [2.45, 2.75) is 40.2 Å². The summed E-state index contributed by atoms with van der Waals surface area (Å²) < 4.78 is 5.37. The van der Waals surface area contributed by atoms with Crippen molar-refractivity contribution in [3.05, 3.63) is 0 Å². The van der Waals surface area contributed by atoms with Crippen LogP contribution in [0.25, 0.3) is 0 Å². The summed E-state index contributed by atoms with van der Waals surface area (Å²) in [5.74, 6) is 1.46. The normalized spacial score (nSPS) is 21.7. The van der Waals surface area contributed by atoms with E-state index in [4.69, 9.17) is 4.74 Å². The second kappa shape index (κ2) is 8.06. The predicted molar refractivity (Wildman–Crippen MR) is 73.3 cm³/mol. The first-order chi connectivity index (χ1) is 8.13. The van der Waals surface area contributed by atoms with E-state index in [0.717, 1.165) is 44.7 Å². The fourth-order valence-electron chi connectivity index (χ4n) is 2.49. The number of rotatable bonds is 7. The number of nitrogens with one attached hydrogen (secondary N) is 1. The van der Waals surface area contributed by atoms with Crippen LogP contribution in [0.5, 0.6) is 0 Å². The van der Waals surface area contributed by atoms with Gasteiger partial charge < -0.3 is 10.1 Å². The monoisotopic (exact) mass is 242 g/mol. The Balaban J connectivity index is 2.17. The average molecular weight is 242 g/mol. The second-order valence-corrected chi connectivity index (χ2v) is 5.69. The van der Waals surface area contributed by atoms with Gasteiger partial charge in [-0.2, -0.15) is 0 Å². The van der Waals surface area contributed by atoms with Gasteiger partial charge in [0.1, 0.15) is 0 Å². The number of morpholine rings is 1. The van der Waals surface area contributed by atoms with E-state index in [1.165, 1.54) is 13.0 Å². The molecule has 1 fully saturated rings. The Labute approximate surface area is 107 Å². The summed E-state index contributed by atoms with van der Waals surface area (Å²) in [7, 11) is 0. The van der Waals surface area contributed by atoms with E-state index < -0.39 is 0 Å². The van der Waals surface area contributed by atoms with Gasteiger partial charge in [-0.3, -0.25) is 4.90 Å². The largest absolute Gasteiger partial charge is 0.379 e. The minimum absolute atomic E-state index is 0.669. The lowest BCUT2D eigenvalue weighted by atomic mass is 10.0. The Bertz CT molecular complexity index is 191. The fraction of sp³-hybridized carbons (Fsp3) is 1.00. The molecule has 1 aliphatic rings. The van der Waals surface area contributed by atoms with E-state index in [1.807, 2.05) is 0 Å². The third-order valence-corrected chi connectivity index (χ3v) is 3.65. The SMILES string of the molecule is CCC(NCC(C)CN1CCOCC1)C(C)C. The smallest absolute Gasteiger partial charge is 0.0594 e. The lowest BCUT2D eigenvalue weighted by Crippen LogP contribution is -2.42. The zero-order chi connectivity index (χ0) is 12.7. The third kappa shape index (κ3) is 5.84. The van der Waals surface area contributed by atoms with Gasteiger partial charge in [-0.1, -0.05) is 27.7 Å². The summed E-state index contributed by atoms with van der Waals surface area (Å²) in [6.45, 7) is 15.6. The molecule has 0 saturated carbocycles. The summed E-state index contributed by atoms with van der Waals surface area (Å²) in [6, 6.07) is 0.669. The molecule has 2 atom stereocenters. The van der Waals surface area contributed by atoms with Crippen LogP contribution in [0.4, 0.5) is 0 Å². The first-order valence-corrected chi connectivity index (χ1v) is 7.17. The Hall–Kier alpha value is -0.120. The summed E-state index contributed by atoms with van der Waals surface area (Å²) >= 11 is 0. The molecule has 0 aromatic rings. The van der Waals surface area contributed by atoms with Crippen LogP contribution in [0, 0.1) is 11.8 Å². The Morgan fingerprint density at radius 3 is 2.35 bits per heavy atom. The topological polar surface area (TPSA) is 24.5 Å². The molecule has 102 valence electrons. The second-order valence-electron chi connectivity index (χ2n) is 5.69. The third-order valence-electron chi connectivity index (χ3n) is 3.65. The van der Waals surface area contributed by atoms with Gasteiger partial charge in [-0.15, -0.1) is 0 Å². The van der Waals surface area contributed by atoms with E-state index in [-0.39, 0.29) is 0 Å². The van der Waals surface area contributed by atoms with E-state index >= 15 is 0 Å². The molecular formula is C14H30N2O. The number of ether oxygens (including phenoxy) is 1. The molecule has 1 N–H and O–H groups in total. The highest BCUT2D eigenvalue weighted by molar-refractivity contribution is 4.72. The first-order valence-electron chi connectivity index (χ1n) is 7.17. The van der Waals surface area contributed by atoms with Gasteiger partial charge in [0.05, 0.1) is 13.2 Å². The van der Waals surface area contributed by atoms with Crippen molar-refractivity contribution in [2.75, 3.05) is 39.4 Å². The van der Waals surface area contributed by atoms with Gasteiger partial charge in [0.2, 0.25) is 0 Å². The standard InChI is InChI=1S/C14H30N2O/c1-5-14(12(2)3)15-10-13(4)11-16-6-8-17-9-7-16/h12-15H,5-11H2,1-4H3. The minimum Gasteiger partial charge on any atom is -0.379 e. The Kier molecular flexibility index (Phi) is 7.09.